The van der Waals surface area contributed by atoms with Crippen LogP contribution in [0.25, 0.3) is 6.08 Å². The van der Waals surface area contributed by atoms with E-state index < -0.39 is 17.8 Å². The summed E-state index contributed by atoms with van der Waals surface area (Å²) in [4.78, 5) is 43.5. The Morgan fingerprint density at radius 1 is 0.930 bits per heavy atom. The molecule has 226 valence electrons. The Labute approximate surface area is 255 Å². The highest BCUT2D eigenvalue weighted by molar-refractivity contribution is 6.39. The third-order valence-electron chi connectivity index (χ3n) is 11.4. The molecule has 1 atom stereocenters. The van der Waals surface area contributed by atoms with Crippen LogP contribution in [0.3, 0.4) is 0 Å². The van der Waals surface area contributed by atoms with E-state index in [0.717, 1.165) is 53.2 Å². The molecular formula is C37H45N3O3. The fraction of sp³-hybridized carbons (Fsp3) is 0.541. The Morgan fingerprint density at radius 3 is 2.16 bits per heavy atom. The number of rotatable bonds is 5. The van der Waals surface area contributed by atoms with Gasteiger partial charge in [-0.25, -0.2) is 9.69 Å². The summed E-state index contributed by atoms with van der Waals surface area (Å²) in [6.07, 6.45) is 11.7. The van der Waals surface area contributed by atoms with E-state index in [0.29, 0.717) is 11.6 Å². The van der Waals surface area contributed by atoms with Gasteiger partial charge in [-0.15, -0.1) is 0 Å². The number of benzene rings is 2. The van der Waals surface area contributed by atoms with Gasteiger partial charge in [-0.2, -0.15) is 0 Å². The molecule has 0 aromatic heterocycles. The second-order valence-corrected chi connectivity index (χ2v) is 15.0. The number of carbonyl (C=O) groups excluding carboxylic acids is 3. The number of barbiturate groups is 1. The highest BCUT2D eigenvalue weighted by Gasteiger charge is 2.51. The minimum atomic E-state index is -0.692. The van der Waals surface area contributed by atoms with Gasteiger partial charge in [0, 0.05) is 17.8 Å². The number of carbonyl (C=O) groups is 3. The zero-order valence-corrected chi connectivity index (χ0v) is 26.3. The first-order chi connectivity index (χ1) is 20.5. The quantitative estimate of drug-likeness (QED) is 0.292. The predicted octanol–water partition coefficient (Wildman–Crippen LogP) is 7.63. The number of hydrogen-bond acceptors (Lipinski definition) is 4. The fourth-order valence-electron chi connectivity index (χ4n) is 9.93. The zero-order valence-electron chi connectivity index (χ0n) is 26.3. The van der Waals surface area contributed by atoms with Gasteiger partial charge in [0.1, 0.15) is 5.57 Å². The number of nitrogens with one attached hydrogen (secondary N) is 1. The van der Waals surface area contributed by atoms with Gasteiger partial charge >= 0.3 is 6.03 Å². The fourth-order valence-corrected chi connectivity index (χ4v) is 9.93. The topological polar surface area (TPSA) is 69.7 Å². The van der Waals surface area contributed by atoms with Crippen molar-refractivity contribution in [1.82, 2.24) is 5.32 Å². The molecule has 2 aliphatic heterocycles. The van der Waals surface area contributed by atoms with E-state index in [4.69, 9.17) is 0 Å². The molecular weight excluding hydrogens is 534 g/mol. The van der Waals surface area contributed by atoms with E-state index >= 15 is 0 Å². The smallest absolute Gasteiger partial charge is 0.335 e. The van der Waals surface area contributed by atoms with Gasteiger partial charge in [0.15, 0.2) is 0 Å². The first kappa shape index (κ1) is 28.4. The SMILES string of the molecule is CCCN1c2cc(C)c(/C=C3/C(=O)NC(=O)N(c4ccc(C56CC7CC(CC(C7)C5)C6)cc4)C3=O)cc2C(C)CC1(C)C. The molecule has 1 unspecified atom stereocenters. The molecule has 2 heterocycles. The molecule has 5 fully saturated rings. The lowest BCUT2D eigenvalue weighted by atomic mass is 9.48. The second-order valence-electron chi connectivity index (χ2n) is 15.0. The molecule has 1 N–H and O–H groups in total. The molecule has 8 rings (SSSR count). The minimum Gasteiger partial charge on any atom is -0.366 e. The summed E-state index contributed by atoms with van der Waals surface area (Å²) in [6.45, 7) is 12.1. The van der Waals surface area contributed by atoms with Crippen molar-refractivity contribution < 1.29 is 14.4 Å². The minimum absolute atomic E-state index is 0.0120. The van der Waals surface area contributed by atoms with Crippen LogP contribution in [0, 0.1) is 24.7 Å². The summed E-state index contributed by atoms with van der Waals surface area (Å²) in [5, 5.41) is 2.43. The van der Waals surface area contributed by atoms with Crippen molar-refractivity contribution in [3.05, 3.63) is 64.2 Å². The van der Waals surface area contributed by atoms with Crippen molar-refractivity contribution in [1.29, 1.82) is 0 Å². The van der Waals surface area contributed by atoms with Crippen LogP contribution in [0.5, 0.6) is 0 Å². The number of anilines is 2. The number of fused-ring (bicyclic) bond motifs is 1. The lowest BCUT2D eigenvalue weighted by Gasteiger charge is -2.57. The molecule has 4 aliphatic carbocycles. The first-order valence-corrected chi connectivity index (χ1v) is 16.4. The summed E-state index contributed by atoms with van der Waals surface area (Å²) in [5.41, 5.74) is 6.44. The van der Waals surface area contributed by atoms with Crippen molar-refractivity contribution in [2.45, 2.75) is 103 Å². The van der Waals surface area contributed by atoms with Gasteiger partial charge in [0.25, 0.3) is 11.8 Å². The Bertz CT molecular complexity index is 1500. The number of amides is 4. The van der Waals surface area contributed by atoms with Crippen molar-refractivity contribution in [3.8, 4) is 0 Å². The Kier molecular flexibility index (Phi) is 6.64. The molecule has 4 bridgehead atoms. The molecule has 2 aromatic carbocycles. The van der Waals surface area contributed by atoms with Crippen LogP contribution in [0.1, 0.15) is 107 Å². The van der Waals surface area contributed by atoms with E-state index in [-0.39, 0.29) is 16.5 Å². The molecule has 1 saturated heterocycles. The molecule has 6 aliphatic rings. The first-order valence-electron chi connectivity index (χ1n) is 16.4. The molecule has 6 heteroatoms. The van der Waals surface area contributed by atoms with Gasteiger partial charge < -0.3 is 4.90 Å². The third kappa shape index (κ3) is 4.63. The zero-order chi connectivity index (χ0) is 30.3. The number of urea groups is 1. The maximum atomic E-state index is 13.8. The maximum absolute atomic E-state index is 13.8. The Balaban J connectivity index is 1.19. The van der Waals surface area contributed by atoms with Gasteiger partial charge in [-0.3, -0.25) is 14.9 Å². The molecule has 4 amide bonds. The average Bonchev–Trinajstić information content (AvgIpc) is 2.93. The largest absolute Gasteiger partial charge is 0.366 e. The Morgan fingerprint density at radius 2 is 1.56 bits per heavy atom. The molecule has 0 radical (unpaired) electrons. The summed E-state index contributed by atoms with van der Waals surface area (Å²) >= 11 is 0. The van der Waals surface area contributed by atoms with Crippen LogP contribution in [-0.2, 0) is 15.0 Å². The van der Waals surface area contributed by atoms with Gasteiger partial charge in [0.05, 0.1) is 5.69 Å². The number of hydrogen-bond donors (Lipinski definition) is 1. The third-order valence-corrected chi connectivity index (χ3v) is 11.4. The lowest BCUT2D eigenvalue weighted by molar-refractivity contribution is -0.122. The summed E-state index contributed by atoms with van der Waals surface area (Å²) in [5.74, 6) is 1.66. The van der Waals surface area contributed by atoms with E-state index in [1.54, 1.807) is 6.08 Å². The van der Waals surface area contributed by atoms with Crippen molar-refractivity contribution in [2.75, 3.05) is 16.3 Å². The highest BCUT2D eigenvalue weighted by Crippen LogP contribution is 2.60. The van der Waals surface area contributed by atoms with Crippen LogP contribution in [0.2, 0.25) is 0 Å². The van der Waals surface area contributed by atoms with Crippen molar-refractivity contribution >= 4 is 35.3 Å². The number of aryl methyl sites for hydroxylation is 1. The van der Waals surface area contributed by atoms with Crippen LogP contribution in [0.4, 0.5) is 16.2 Å². The molecule has 2 aromatic rings. The second kappa shape index (κ2) is 10.1. The summed E-state index contributed by atoms with van der Waals surface area (Å²) < 4.78 is 0. The predicted molar refractivity (Wildman–Crippen MR) is 171 cm³/mol. The molecule has 43 heavy (non-hydrogen) atoms. The molecule has 0 spiro atoms. The van der Waals surface area contributed by atoms with Crippen molar-refractivity contribution in [3.63, 3.8) is 0 Å². The van der Waals surface area contributed by atoms with Crippen LogP contribution < -0.4 is 15.1 Å². The molecule has 4 saturated carbocycles. The van der Waals surface area contributed by atoms with Crippen LogP contribution >= 0.6 is 0 Å². The number of nitrogens with zero attached hydrogens (tertiary/aromatic N) is 2. The van der Waals surface area contributed by atoms with Crippen LogP contribution in [-0.4, -0.2) is 29.9 Å². The van der Waals surface area contributed by atoms with Crippen molar-refractivity contribution in [2.24, 2.45) is 17.8 Å². The van der Waals surface area contributed by atoms with Gasteiger partial charge in [-0.05, 0) is 154 Å². The average molecular weight is 580 g/mol. The van der Waals surface area contributed by atoms with E-state index in [2.05, 4.69) is 62.2 Å². The normalized spacial score (nSPS) is 31.9. The van der Waals surface area contributed by atoms with Gasteiger partial charge in [-0.1, -0.05) is 26.0 Å². The van der Waals surface area contributed by atoms with E-state index in [1.807, 2.05) is 19.1 Å². The summed E-state index contributed by atoms with van der Waals surface area (Å²) in [6, 6.07) is 11.7. The lowest BCUT2D eigenvalue weighted by Crippen LogP contribution is -2.54. The maximum Gasteiger partial charge on any atom is 0.335 e. The van der Waals surface area contributed by atoms with E-state index in [1.165, 1.54) is 55.3 Å². The highest BCUT2D eigenvalue weighted by atomic mass is 16.2. The molecule has 6 nitrogen and oxygen atoms in total. The standard InChI is InChI=1S/C37H45N3O3/c1-6-11-39-32-12-22(2)27(16-30(32)23(3)18-36(39,4)5)17-31-33(41)38-35(43)40(34(31)42)29-9-7-28(8-10-29)37-19-24-13-25(20-37)15-26(14-24)21-37/h7-10,12,16-17,23-26H,6,11,13-15,18-21H2,1-5H3,(H,38,41,43)/b31-17-. The number of imide groups is 2. The van der Waals surface area contributed by atoms with Crippen LogP contribution in [0.15, 0.2) is 42.0 Å². The van der Waals surface area contributed by atoms with E-state index in [9.17, 15) is 14.4 Å². The Hall–Kier alpha value is -3.41. The monoisotopic (exact) mass is 579 g/mol. The summed E-state index contributed by atoms with van der Waals surface area (Å²) in [7, 11) is 0. The van der Waals surface area contributed by atoms with Gasteiger partial charge in [0.2, 0.25) is 0 Å².